The lowest BCUT2D eigenvalue weighted by atomic mass is 10.0. The summed E-state index contributed by atoms with van der Waals surface area (Å²) in [6.07, 6.45) is 17.4. The van der Waals surface area contributed by atoms with Crippen molar-refractivity contribution in [2.45, 2.75) is 103 Å². The zero-order chi connectivity index (χ0) is 18.1. The first kappa shape index (κ1) is 23.4. The van der Waals surface area contributed by atoms with Crippen LogP contribution in [0.1, 0.15) is 83.5 Å². The van der Waals surface area contributed by atoms with Crippen molar-refractivity contribution < 1.29 is 13.6 Å². The molecule has 0 aliphatic heterocycles. The molecular weight excluding hydrogens is 319 g/mol. The van der Waals surface area contributed by atoms with E-state index in [4.69, 9.17) is 4.74 Å². The van der Waals surface area contributed by atoms with Gasteiger partial charge in [0.2, 0.25) is 8.41 Å². The molecule has 0 unspecified atom stereocenters. The van der Waals surface area contributed by atoms with Crippen LogP contribution in [0.4, 0.5) is 4.11 Å². The molecule has 0 amide bonds. The molecule has 0 saturated carbocycles. The van der Waals surface area contributed by atoms with E-state index in [-0.39, 0.29) is 5.97 Å². The highest BCUT2D eigenvalue weighted by atomic mass is 28.4. The molecule has 0 atom stereocenters. The molecule has 0 fully saturated rings. The number of unbranched alkanes of at least 4 members (excludes halogenated alkanes) is 12. The van der Waals surface area contributed by atoms with Crippen LogP contribution in [0.3, 0.4) is 0 Å². The number of carbonyl (C=O) groups is 1. The van der Waals surface area contributed by atoms with Gasteiger partial charge in [0.15, 0.2) is 0 Å². The number of carbonyl (C=O) groups excluding carboxylic acids is 1. The summed E-state index contributed by atoms with van der Waals surface area (Å²) in [6, 6.07) is 0.837. The zero-order valence-electron chi connectivity index (χ0n) is 16.1. The number of ether oxygens (including phenoxy) is 1. The van der Waals surface area contributed by atoms with Crippen molar-refractivity contribution in [1.29, 1.82) is 0 Å². The van der Waals surface area contributed by atoms with Gasteiger partial charge in [0.1, 0.15) is 0 Å². The first-order chi connectivity index (χ1) is 11.5. The normalized spacial score (nSPS) is 11.5. The van der Waals surface area contributed by atoms with Gasteiger partial charge < -0.3 is 8.84 Å². The van der Waals surface area contributed by atoms with Crippen molar-refractivity contribution in [2.24, 2.45) is 0 Å². The second-order valence-electron chi connectivity index (χ2n) is 7.44. The first-order valence-electron chi connectivity index (χ1n) is 9.94. The maximum Gasteiger partial charge on any atom is 0.330 e. The Labute approximate surface area is 150 Å². The van der Waals surface area contributed by atoms with Crippen LogP contribution in [0.2, 0.25) is 19.1 Å². The highest BCUT2D eigenvalue weighted by Gasteiger charge is 2.18. The second kappa shape index (κ2) is 15.9. The van der Waals surface area contributed by atoms with Gasteiger partial charge in [-0.2, -0.15) is 0 Å². The average molecular weight is 359 g/mol. The summed E-state index contributed by atoms with van der Waals surface area (Å²) in [5, 5.41) is 0. The summed E-state index contributed by atoms with van der Waals surface area (Å²) in [7, 11) is -2.30. The van der Waals surface area contributed by atoms with E-state index in [1.54, 1.807) is 0 Å². The Bertz CT molecular complexity index is 313. The van der Waals surface area contributed by atoms with Gasteiger partial charge >= 0.3 is 5.97 Å². The van der Waals surface area contributed by atoms with Gasteiger partial charge in [-0.05, 0) is 25.6 Å². The van der Waals surface area contributed by atoms with Gasteiger partial charge in [-0.1, -0.05) is 83.6 Å². The Morgan fingerprint density at radius 1 is 0.833 bits per heavy atom. The van der Waals surface area contributed by atoms with Crippen molar-refractivity contribution in [1.82, 2.24) is 0 Å². The molecule has 0 saturated heterocycles. The summed E-state index contributed by atoms with van der Waals surface area (Å²) >= 11 is 0. The van der Waals surface area contributed by atoms with Gasteiger partial charge in [0, 0.05) is 6.08 Å². The fourth-order valence-corrected chi connectivity index (χ4v) is 3.91. The van der Waals surface area contributed by atoms with E-state index in [0.29, 0.717) is 6.61 Å². The minimum Gasteiger partial charge on any atom is -0.463 e. The maximum atomic E-state index is 13.4. The van der Waals surface area contributed by atoms with Gasteiger partial charge in [-0.3, -0.25) is 0 Å². The predicted molar refractivity (Wildman–Crippen MR) is 105 cm³/mol. The second-order valence-corrected chi connectivity index (χ2v) is 11.4. The monoisotopic (exact) mass is 358 g/mol. The molecule has 24 heavy (non-hydrogen) atoms. The summed E-state index contributed by atoms with van der Waals surface area (Å²) < 4.78 is 18.4. The highest BCUT2D eigenvalue weighted by molar-refractivity contribution is 6.70. The van der Waals surface area contributed by atoms with Crippen LogP contribution in [-0.2, 0) is 9.53 Å². The van der Waals surface area contributed by atoms with Crippen molar-refractivity contribution >= 4 is 14.4 Å². The van der Waals surface area contributed by atoms with Gasteiger partial charge in [-0.15, -0.1) is 0 Å². The van der Waals surface area contributed by atoms with Crippen molar-refractivity contribution in [2.75, 3.05) is 6.61 Å². The molecule has 0 aliphatic carbocycles. The molecular formula is C20H39FO2Si. The standard InChI is InChI=1S/C20H39FO2Si/c1-4-20(22)23-18-16-14-12-10-8-6-5-7-9-11-13-15-17-19-24(2,3)21/h4H,1,5-19H2,2-3H3. The fraction of sp³-hybridized carbons (Fsp3) is 0.850. The van der Waals surface area contributed by atoms with Crippen LogP contribution in [0, 0.1) is 0 Å². The van der Waals surface area contributed by atoms with E-state index in [1.807, 2.05) is 13.1 Å². The summed E-state index contributed by atoms with van der Waals surface area (Å²) in [4.78, 5) is 10.8. The van der Waals surface area contributed by atoms with Gasteiger partial charge in [0.05, 0.1) is 6.61 Å². The lowest BCUT2D eigenvalue weighted by Gasteiger charge is -2.09. The van der Waals surface area contributed by atoms with E-state index in [0.717, 1.165) is 25.3 Å². The molecule has 0 N–H and O–H groups in total. The third kappa shape index (κ3) is 19.4. The van der Waals surface area contributed by atoms with Gasteiger partial charge in [-0.25, -0.2) is 4.79 Å². The number of esters is 1. The lowest BCUT2D eigenvalue weighted by molar-refractivity contribution is -0.137. The third-order valence-corrected chi connectivity index (χ3v) is 5.87. The van der Waals surface area contributed by atoms with E-state index in [2.05, 4.69) is 6.58 Å². The van der Waals surface area contributed by atoms with E-state index in [9.17, 15) is 8.90 Å². The minimum absolute atomic E-state index is 0.317. The molecule has 0 radical (unpaired) electrons. The zero-order valence-corrected chi connectivity index (χ0v) is 17.1. The van der Waals surface area contributed by atoms with Crippen LogP contribution < -0.4 is 0 Å². The molecule has 0 spiro atoms. The van der Waals surface area contributed by atoms with Crippen LogP contribution in [0.5, 0.6) is 0 Å². The molecule has 0 aromatic heterocycles. The maximum absolute atomic E-state index is 13.4. The SMILES string of the molecule is C=CC(=O)OCCCCCCCCCCCCCCC[Si](C)(C)F. The first-order valence-corrected chi connectivity index (χ1v) is 13.0. The highest BCUT2D eigenvalue weighted by Crippen LogP contribution is 2.17. The topological polar surface area (TPSA) is 26.3 Å². The summed E-state index contributed by atoms with van der Waals surface area (Å²) in [6.45, 7) is 7.51. The lowest BCUT2D eigenvalue weighted by Crippen LogP contribution is -2.16. The van der Waals surface area contributed by atoms with Crippen LogP contribution in [0.25, 0.3) is 0 Å². The van der Waals surface area contributed by atoms with E-state index >= 15 is 0 Å². The minimum atomic E-state index is -2.30. The molecule has 4 heteroatoms. The Hall–Kier alpha value is -0.643. The molecule has 2 nitrogen and oxygen atoms in total. The van der Waals surface area contributed by atoms with Gasteiger partial charge in [0.25, 0.3) is 0 Å². The Morgan fingerprint density at radius 2 is 1.21 bits per heavy atom. The van der Waals surface area contributed by atoms with E-state index < -0.39 is 8.41 Å². The van der Waals surface area contributed by atoms with Crippen LogP contribution in [0.15, 0.2) is 12.7 Å². The van der Waals surface area contributed by atoms with Crippen molar-refractivity contribution in [3.63, 3.8) is 0 Å². The molecule has 0 aliphatic rings. The number of hydrogen-bond donors (Lipinski definition) is 0. The van der Waals surface area contributed by atoms with E-state index in [1.165, 1.54) is 70.3 Å². The van der Waals surface area contributed by atoms with Crippen LogP contribution in [-0.4, -0.2) is 21.0 Å². The molecule has 0 bridgehead atoms. The van der Waals surface area contributed by atoms with Crippen LogP contribution >= 0.6 is 0 Å². The quantitative estimate of drug-likeness (QED) is 0.0923. The summed E-state index contributed by atoms with van der Waals surface area (Å²) in [5.41, 5.74) is 0. The summed E-state index contributed by atoms with van der Waals surface area (Å²) in [5.74, 6) is -0.317. The molecule has 0 aromatic carbocycles. The Balaban J connectivity index is 3.08. The smallest absolute Gasteiger partial charge is 0.330 e. The molecule has 0 rings (SSSR count). The molecule has 142 valence electrons. The van der Waals surface area contributed by atoms with Crippen molar-refractivity contribution in [3.8, 4) is 0 Å². The third-order valence-electron chi connectivity index (χ3n) is 4.33. The largest absolute Gasteiger partial charge is 0.463 e. The molecule has 0 aromatic rings. The number of rotatable bonds is 17. The fourth-order valence-electron chi connectivity index (χ4n) is 2.82. The van der Waals surface area contributed by atoms with Crippen molar-refractivity contribution in [3.05, 3.63) is 12.7 Å². The Morgan fingerprint density at radius 3 is 1.58 bits per heavy atom. The Kier molecular flexibility index (Phi) is 15.4. The predicted octanol–water partition coefficient (Wildman–Crippen LogP) is 6.96. The number of halogens is 1. The number of hydrogen-bond acceptors (Lipinski definition) is 2. The molecule has 0 heterocycles. The average Bonchev–Trinajstić information content (AvgIpc) is 2.53.